The summed E-state index contributed by atoms with van der Waals surface area (Å²) >= 11 is 0. The van der Waals surface area contributed by atoms with E-state index in [4.69, 9.17) is 14.2 Å². The van der Waals surface area contributed by atoms with E-state index < -0.39 is 0 Å². The van der Waals surface area contributed by atoms with Crippen molar-refractivity contribution in [2.24, 2.45) is 4.99 Å². The Kier molecular flexibility index (Phi) is 6.79. The fourth-order valence-corrected chi connectivity index (χ4v) is 3.51. The lowest BCUT2D eigenvalue weighted by Gasteiger charge is -2.30. The van der Waals surface area contributed by atoms with Crippen molar-refractivity contribution in [1.29, 1.82) is 0 Å². The summed E-state index contributed by atoms with van der Waals surface area (Å²) in [5.41, 5.74) is 2.29. The minimum absolute atomic E-state index is 0.177. The number of hydrogen-bond acceptors (Lipinski definition) is 5. The molecular formula is C20H32N4O3. The average molecular weight is 377 g/mol. The molecule has 0 spiro atoms. The summed E-state index contributed by atoms with van der Waals surface area (Å²) in [6.07, 6.45) is 1.33. The smallest absolute Gasteiger partial charge is 0.191 e. The highest BCUT2D eigenvalue weighted by atomic mass is 16.5. The summed E-state index contributed by atoms with van der Waals surface area (Å²) in [5.74, 6) is 2.63. The van der Waals surface area contributed by atoms with E-state index in [0.717, 1.165) is 55.7 Å². The van der Waals surface area contributed by atoms with Crippen molar-refractivity contribution >= 4 is 5.96 Å². The lowest BCUT2D eigenvalue weighted by Crippen LogP contribution is -2.48. The Hall–Kier alpha value is -1.99. The van der Waals surface area contributed by atoms with Crippen LogP contribution in [0.25, 0.3) is 0 Å². The second kappa shape index (κ2) is 9.28. The highest BCUT2D eigenvalue weighted by Crippen LogP contribution is 2.35. The molecule has 0 aromatic heterocycles. The Labute approximate surface area is 162 Å². The quantitative estimate of drug-likeness (QED) is 0.578. The second-order valence-corrected chi connectivity index (χ2v) is 7.19. The van der Waals surface area contributed by atoms with Crippen molar-refractivity contribution < 1.29 is 14.2 Å². The molecule has 7 heteroatoms. The van der Waals surface area contributed by atoms with E-state index in [1.54, 1.807) is 7.05 Å². The highest BCUT2D eigenvalue weighted by Gasteiger charge is 2.22. The van der Waals surface area contributed by atoms with Crippen LogP contribution in [-0.2, 0) is 17.7 Å². The summed E-state index contributed by atoms with van der Waals surface area (Å²) < 4.78 is 17.5. The molecular weight excluding hydrogens is 344 g/mol. The van der Waals surface area contributed by atoms with Crippen LogP contribution in [0, 0.1) is 0 Å². The van der Waals surface area contributed by atoms with Crippen LogP contribution in [0.2, 0.25) is 0 Å². The molecule has 0 saturated carbocycles. The van der Waals surface area contributed by atoms with Gasteiger partial charge < -0.3 is 29.7 Å². The van der Waals surface area contributed by atoms with Crippen molar-refractivity contribution in [1.82, 2.24) is 15.5 Å². The van der Waals surface area contributed by atoms with Crippen molar-refractivity contribution in [3.05, 3.63) is 23.3 Å². The maximum absolute atomic E-state index is 5.90. The summed E-state index contributed by atoms with van der Waals surface area (Å²) in [4.78, 5) is 6.60. The third-order valence-electron chi connectivity index (χ3n) is 4.89. The van der Waals surface area contributed by atoms with Gasteiger partial charge in [-0.3, -0.25) is 4.99 Å². The van der Waals surface area contributed by atoms with E-state index in [9.17, 15) is 0 Å². The zero-order chi connectivity index (χ0) is 19.2. The fourth-order valence-electron chi connectivity index (χ4n) is 3.51. The molecule has 1 fully saturated rings. The highest BCUT2D eigenvalue weighted by molar-refractivity contribution is 5.79. The number of benzene rings is 1. The number of guanidine groups is 1. The number of rotatable bonds is 6. The predicted octanol–water partition coefficient (Wildman–Crippen LogP) is 1.40. The third-order valence-corrected chi connectivity index (χ3v) is 4.89. The van der Waals surface area contributed by atoms with Crippen LogP contribution < -0.4 is 20.1 Å². The molecule has 150 valence electrons. The number of nitrogens with zero attached hydrogens (tertiary/aromatic N) is 2. The van der Waals surface area contributed by atoms with E-state index in [2.05, 4.69) is 46.6 Å². The zero-order valence-electron chi connectivity index (χ0n) is 16.9. The molecule has 1 aromatic carbocycles. The molecule has 1 aromatic rings. The van der Waals surface area contributed by atoms with Gasteiger partial charge in [0, 0.05) is 50.8 Å². The molecule has 2 N–H and O–H groups in total. The lowest BCUT2D eigenvalue weighted by atomic mass is 10.1. The van der Waals surface area contributed by atoms with Gasteiger partial charge in [0.1, 0.15) is 17.6 Å². The van der Waals surface area contributed by atoms with Gasteiger partial charge in [0.15, 0.2) is 5.96 Å². The first-order valence-corrected chi connectivity index (χ1v) is 9.79. The predicted molar refractivity (Wildman–Crippen MR) is 107 cm³/mol. The minimum Gasteiger partial charge on any atom is -0.494 e. The SMILES string of the molecule is CCOc1cc2c(cc1CNC(=NC)NCC1CN(C)CCO1)OC(C)C2. The molecule has 0 radical (unpaired) electrons. The van der Waals surface area contributed by atoms with E-state index in [1.165, 1.54) is 5.56 Å². The first kappa shape index (κ1) is 19.8. The van der Waals surface area contributed by atoms with E-state index >= 15 is 0 Å². The Morgan fingerprint density at radius 1 is 1.37 bits per heavy atom. The monoisotopic (exact) mass is 376 g/mol. The Bertz CT molecular complexity index is 665. The van der Waals surface area contributed by atoms with Gasteiger partial charge in [-0.15, -0.1) is 0 Å². The molecule has 3 rings (SSSR count). The standard InChI is InChI=1S/C20H32N4O3/c1-5-25-18-9-15-8-14(2)27-19(15)10-16(18)11-22-20(21-3)23-12-17-13-24(4)6-7-26-17/h9-10,14,17H,5-8,11-13H2,1-4H3,(H2,21,22,23). The molecule has 0 bridgehead atoms. The van der Waals surface area contributed by atoms with Gasteiger partial charge in [0.2, 0.25) is 0 Å². The number of morpholine rings is 1. The molecule has 2 unspecified atom stereocenters. The minimum atomic E-state index is 0.177. The molecule has 2 heterocycles. The van der Waals surface area contributed by atoms with Gasteiger partial charge in [-0.2, -0.15) is 0 Å². The fraction of sp³-hybridized carbons (Fsp3) is 0.650. The number of fused-ring (bicyclic) bond motifs is 1. The van der Waals surface area contributed by atoms with Crippen LogP contribution in [0.1, 0.15) is 25.0 Å². The largest absolute Gasteiger partial charge is 0.494 e. The lowest BCUT2D eigenvalue weighted by molar-refractivity contribution is -0.0161. The maximum Gasteiger partial charge on any atom is 0.191 e. The Balaban J connectivity index is 1.58. The van der Waals surface area contributed by atoms with Gasteiger partial charge in [0.05, 0.1) is 19.3 Å². The van der Waals surface area contributed by atoms with Crippen LogP contribution in [0.15, 0.2) is 17.1 Å². The maximum atomic E-state index is 5.90. The van der Waals surface area contributed by atoms with Crippen LogP contribution in [0.4, 0.5) is 0 Å². The van der Waals surface area contributed by atoms with Crippen molar-refractivity contribution in [2.75, 3.05) is 46.9 Å². The third kappa shape index (κ3) is 5.26. The van der Waals surface area contributed by atoms with Gasteiger partial charge in [0.25, 0.3) is 0 Å². The van der Waals surface area contributed by atoms with Crippen LogP contribution in [0.5, 0.6) is 11.5 Å². The summed E-state index contributed by atoms with van der Waals surface area (Å²) in [6.45, 7) is 8.78. The molecule has 27 heavy (non-hydrogen) atoms. The molecule has 2 aliphatic rings. The zero-order valence-corrected chi connectivity index (χ0v) is 16.9. The van der Waals surface area contributed by atoms with Gasteiger partial charge >= 0.3 is 0 Å². The van der Waals surface area contributed by atoms with Crippen LogP contribution >= 0.6 is 0 Å². The van der Waals surface area contributed by atoms with Crippen LogP contribution in [-0.4, -0.2) is 70.0 Å². The van der Waals surface area contributed by atoms with Gasteiger partial charge in [-0.1, -0.05) is 0 Å². The Morgan fingerprint density at radius 3 is 2.96 bits per heavy atom. The van der Waals surface area contributed by atoms with Crippen molar-refractivity contribution in [3.63, 3.8) is 0 Å². The van der Waals surface area contributed by atoms with E-state index in [0.29, 0.717) is 13.2 Å². The molecule has 7 nitrogen and oxygen atoms in total. The topological polar surface area (TPSA) is 67.4 Å². The molecule has 2 atom stereocenters. The number of ether oxygens (including phenoxy) is 3. The molecule has 2 aliphatic heterocycles. The van der Waals surface area contributed by atoms with Crippen molar-refractivity contribution in [3.8, 4) is 11.5 Å². The first-order chi connectivity index (χ1) is 13.1. The van der Waals surface area contributed by atoms with E-state index in [1.807, 2.05) is 6.92 Å². The normalized spacial score (nSPS) is 22.9. The Morgan fingerprint density at radius 2 is 2.22 bits per heavy atom. The van der Waals surface area contributed by atoms with Crippen molar-refractivity contribution in [2.45, 2.75) is 39.0 Å². The molecule has 0 amide bonds. The van der Waals surface area contributed by atoms with E-state index in [-0.39, 0.29) is 12.2 Å². The van der Waals surface area contributed by atoms with Crippen LogP contribution in [0.3, 0.4) is 0 Å². The second-order valence-electron chi connectivity index (χ2n) is 7.19. The summed E-state index contributed by atoms with van der Waals surface area (Å²) in [6, 6.07) is 4.20. The first-order valence-electron chi connectivity index (χ1n) is 9.79. The van der Waals surface area contributed by atoms with Gasteiger partial charge in [-0.05, 0) is 33.0 Å². The molecule has 1 saturated heterocycles. The number of likely N-dealkylation sites (N-methyl/N-ethyl adjacent to an activating group) is 1. The number of aliphatic imine (C=N–C) groups is 1. The summed E-state index contributed by atoms with van der Waals surface area (Å²) in [5, 5.41) is 6.73. The van der Waals surface area contributed by atoms with Gasteiger partial charge in [-0.25, -0.2) is 0 Å². The number of nitrogens with one attached hydrogen (secondary N) is 2. The number of hydrogen-bond donors (Lipinski definition) is 2. The molecule has 0 aliphatic carbocycles. The summed E-state index contributed by atoms with van der Waals surface area (Å²) in [7, 11) is 3.90. The average Bonchev–Trinajstić information content (AvgIpc) is 3.01.